The number of ether oxygens (including phenoxy) is 1. The molecule has 11 heteroatoms. The zero-order valence-electron chi connectivity index (χ0n) is 27.0. The van der Waals surface area contributed by atoms with Gasteiger partial charge in [-0.25, -0.2) is 0 Å². The minimum absolute atomic E-state index is 0.0481. The molecule has 3 saturated heterocycles. The zero-order chi connectivity index (χ0) is 32.8. The lowest BCUT2D eigenvalue weighted by molar-refractivity contribution is -0.150. The SMILES string of the molecule is C[C@@H]1[C@@H]([Si](C)(C)F)[C@H](CC(=O)N2CCC[C@H]2CO)O[C@@]12C(=O)N(Cc1ccc(N3CCCCCCC3=O)cc1)c1ccc(Cl)cc12. The second kappa shape index (κ2) is 13.0. The highest BCUT2D eigenvalue weighted by Gasteiger charge is 2.67. The van der Waals surface area contributed by atoms with Gasteiger partial charge >= 0.3 is 0 Å². The molecule has 4 heterocycles. The van der Waals surface area contributed by atoms with Crippen molar-refractivity contribution in [3.63, 3.8) is 0 Å². The predicted octanol–water partition coefficient (Wildman–Crippen LogP) is 6.33. The summed E-state index contributed by atoms with van der Waals surface area (Å²) in [6.45, 7) is 6.51. The Hall–Kier alpha value is -2.79. The van der Waals surface area contributed by atoms with E-state index in [0.29, 0.717) is 35.8 Å². The smallest absolute Gasteiger partial charge is 0.264 e. The van der Waals surface area contributed by atoms with E-state index in [1.807, 2.05) is 42.2 Å². The third-order valence-electron chi connectivity index (χ3n) is 10.6. The largest absolute Gasteiger partial charge is 0.394 e. The van der Waals surface area contributed by atoms with Crippen molar-refractivity contribution in [1.82, 2.24) is 4.90 Å². The number of likely N-dealkylation sites (tertiary alicyclic amines) is 1. The number of aliphatic hydroxyl groups excluding tert-OH is 1. The van der Waals surface area contributed by atoms with Gasteiger partial charge in [-0.3, -0.25) is 14.4 Å². The molecular weight excluding hydrogens is 625 g/mol. The van der Waals surface area contributed by atoms with Crippen LogP contribution < -0.4 is 9.80 Å². The van der Waals surface area contributed by atoms with Crippen LogP contribution in [0.1, 0.15) is 69.4 Å². The maximum atomic E-state index is 16.2. The van der Waals surface area contributed by atoms with Crippen LogP contribution >= 0.6 is 11.6 Å². The van der Waals surface area contributed by atoms with Crippen LogP contribution in [0.4, 0.5) is 15.5 Å². The quantitative estimate of drug-likeness (QED) is 0.275. The van der Waals surface area contributed by atoms with Crippen molar-refractivity contribution < 1.29 is 28.3 Å². The summed E-state index contributed by atoms with van der Waals surface area (Å²) < 4.78 is 23.0. The Morgan fingerprint density at radius 1 is 1.07 bits per heavy atom. The van der Waals surface area contributed by atoms with Gasteiger partial charge in [-0.1, -0.05) is 43.5 Å². The van der Waals surface area contributed by atoms with Gasteiger partial charge in [0, 0.05) is 47.2 Å². The van der Waals surface area contributed by atoms with Gasteiger partial charge in [0.05, 0.1) is 37.4 Å². The predicted molar refractivity (Wildman–Crippen MR) is 179 cm³/mol. The van der Waals surface area contributed by atoms with E-state index >= 15 is 4.11 Å². The minimum Gasteiger partial charge on any atom is -0.394 e. The fourth-order valence-corrected chi connectivity index (χ4v) is 11.1. The van der Waals surface area contributed by atoms with Crippen molar-refractivity contribution in [2.75, 3.05) is 29.5 Å². The van der Waals surface area contributed by atoms with Crippen LogP contribution in [-0.2, 0) is 31.3 Å². The number of anilines is 2. The van der Waals surface area contributed by atoms with Crippen LogP contribution in [0.5, 0.6) is 0 Å². The van der Waals surface area contributed by atoms with Crippen LogP contribution in [0.25, 0.3) is 0 Å². The van der Waals surface area contributed by atoms with Crippen LogP contribution in [0.15, 0.2) is 42.5 Å². The lowest BCUT2D eigenvalue weighted by Gasteiger charge is -2.31. The summed E-state index contributed by atoms with van der Waals surface area (Å²) in [6.07, 6.45) is 5.34. The fraction of sp³-hybridized carbons (Fsp3) is 0.571. The summed E-state index contributed by atoms with van der Waals surface area (Å²) in [6, 6.07) is 12.8. The molecule has 1 N–H and O–H groups in total. The number of halogens is 2. The van der Waals surface area contributed by atoms with E-state index in [1.54, 1.807) is 35.0 Å². The summed E-state index contributed by atoms with van der Waals surface area (Å²) in [5.41, 5.74) is 0.905. The Labute approximate surface area is 277 Å². The maximum Gasteiger partial charge on any atom is 0.264 e. The Kier molecular flexibility index (Phi) is 9.37. The van der Waals surface area contributed by atoms with E-state index in [2.05, 4.69) is 0 Å². The normalized spacial score (nSPS) is 28.6. The maximum absolute atomic E-state index is 16.2. The zero-order valence-corrected chi connectivity index (χ0v) is 28.8. The lowest BCUT2D eigenvalue weighted by Crippen LogP contribution is -2.45. The second-order valence-corrected chi connectivity index (χ2v) is 18.2. The molecule has 3 amide bonds. The number of aliphatic hydroxyl groups is 1. The number of hydrogen-bond acceptors (Lipinski definition) is 5. The highest BCUT2D eigenvalue weighted by atomic mass is 35.5. The van der Waals surface area contributed by atoms with Crippen LogP contribution in [0.3, 0.4) is 0 Å². The molecule has 5 atom stereocenters. The van der Waals surface area contributed by atoms with E-state index in [4.69, 9.17) is 16.3 Å². The summed E-state index contributed by atoms with van der Waals surface area (Å²) in [5, 5.41) is 10.3. The average Bonchev–Trinajstić information content (AvgIpc) is 3.66. The minimum atomic E-state index is -3.45. The molecule has 6 rings (SSSR count). The number of carbonyl (C=O) groups excluding carboxylic acids is 3. The first kappa shape index (κ1) is 33.1. The molecule has 3 fully saturated rings. The molecule has 1 spiro atoms. The lowest BCUT2D eigenvalue weighted by atomic mass is 9.82. The third kappa shape index (κ3) is 5.91. The van der Waals surface area contributed by atoms with Gasteiger partial charge in [0.1, 0.15) is 0 Å². The van der Waals surface area contributed by atoms with E-state index in [9.17, 15) is 19.5 Å². The topological polar surface area (TPSA) is 90.4 Å². The molecule has 0 aliphatic carbocycles. The first-order valence-electron chi connectivity index (χ1n) is 16.7. The fourth-order valence-electron chi connectivity index (χ4n) is 8.42. The Balaban J connectivity index is 1.30. The van der Waals surface area contributed by atoms with E-state index in [1.165, 1.54) is 0 Å². The molecule has 0 radical (unpaired) electrons. The van der Waals surface area contributed by atoms with Gasteiger partial charge < -0.3 is 28.7 Å². The van der Waals surface area contributed by atoms with Crippen molar-refractivity contribution in [3.8, 4) is 0 Å². The molecule has 8 nitrogen and oxygen atoms in total. The molecule has 0 unspecified atom stereocenters. The van der Waals surface area contributed by atoms with Gasteiger partial charge in [0.2, 0.25) is 20.2 Å². The number of amides is 3. The number of carbonyl (C=O) groups is 3. The molecule has 2 aromatic carbocycles. The van der Waals surface area contributed by atoms with Gasteiger partial charge in [0.25, 0.3) is 5.91 Å². The standard InChI is InChI=1S/C35H45ClFN3O5Si/c1-23-33(46(2,3)37)30(20-32(43)39-18-8-9-27(39)22-41)45-35(23)28-19-25(36)13-16-29(28)40(34(35)44)21-24-11-14-26(15-12-24)38-17-7-5-4-6-10-31(38)42/h11-16,19,23,27,30,33,41H,4-10,17-18,20-22H2,1-3H3/t23-,27+,30+,33-,35+/m1/s1. The summed E-state index contributed by atoms with van der Waals surface area (Å²) in [4.78, 5) is 46.2. The van der Waals surface area contributed by atoms with E-state index in [0.717, 1.165) is 49.8 Å². The number of hydrogen-bond donors (Lipinski definition) is 1. The Bertz CT molecular complexity index is 1490. The number of benzene rings is 2. The molecular formula is C35H45ClFN3O5Si. The first-order valence-corrected chi connectivity index (χ1v) is 20.1. The van der Waals surface area contributed by atoms with Crippen LogP contribution in [0.2, 0.25) is 23.7 Å². The molecule has 248 valence electrons. The summed E-state index contributed by atoms with van der Waals surface area (Å²) in [5.74, 6) is -0.866. The third-order valence-corrected chi connectivity index (χ3v) is 13.3. The molecule has 2 aromatic rings. The molecule has 0 bridgehead atoms. The van der Waals surface area contributed by atoms with E-state index < -0.39 is 31.6 Å². The van der Waals surface area contributed by atoms with Gasteiger partial charge in [-0.2, -0.15) is 0 Å². The van der Waals surface area contributed by atoms with Crippen LogP contribution in [-0.4, -0.2) is 68.0 Å². The number of fused-ring (bicyclic) bond motifs is 2. The Morgan fingerprint density at radius 3 is 2.52 bits per heavy atom. The Morgan fingerprint density at radius 2 is 1.80 bits per heavy atom. The first-order chi connectivity index (χ1) is 22.0. The van der Waals surface area contributed by atoms with Crippen molar-refractivity contribution in [2.24, 2.45) is 5.92 Å². The van der Waals surface area contributed by atoms with Crippen molar-refractivity contribution >= 4 is 49.1 Å². The number of rotatable bonds is 7. The van der Waals surface area contributed by atoms with E-state index in [-0.39, 0.29) is 43.3 Å². The van der Waals surface area contributed by atoms with Crippen molar-refractivity contribution in [1.29, 1.82) is 0 Å². The molecule has 0 saturated carbocycles. The highest BCUT2D eigenvalue weighted by molar-refractivity contribution is 6.72. The highest BCUT2D eigenvalue weighted by Crippen LogP contribution is 2.60. The summed E-state index contributed by atoms with van der Waals surface area (Å²) in [7, 11) is -3.45. The molecule has 46 heavy (non-hydrogen) atoms. The molecule has 0 aromatic heterocycles. The molecule has 4 aliphatic heterocycles. The van der Waals surface area contributed by atoms with Crippen molar-refractivity contribution in [3.05, 3.63) is 58.6 Å². The van der Waals surface area contributed by atoms with Crippen molar-refractivity contribution in [2.45, 2.75) is 101 Å². The monoisotopic (exact) mass is 669 g/mol. The molecule has 4 aliphatic rings. The van der Waals surface area contributed by atoms with Gasteiger partial charge in [0.15, 0.2) is 5.60 Å². The average molecular weight is 670 g/mol. The van der Waals surface area contributed by atoms with Gasteiger partial charge in [-0.15, -0.1) is 0 Å². The van der Waals surface area contributed by atoms with Crippen LogP contribution in [0, 0.1) is 5.92 Å². The second-order valence-electron chi connectivity index (χ2n) is 14.0. The van der Waals surface area contributed by atoms with Gasteiger partial charge in [-0.05, 0) is 74.7 Å². The number of nitrogens with zero attached hydrogens (tertiary/aromatic N) is 3. The summed E-state index contributed by atoms with van der Waals surface area (Å²) >= 11 is 6.51.